The number of rotatable bonds is 5. The van der Waals surface area contributed by atoms with Gasteiger partial charge in [-0.1, -0.05) is 6.07 Å². The van der Waals surface area contributed by atoms with Crippen molar-refractivity contribution < 1.29 is 24.2 Å². The van der Waals surface area contributed by atoms with Crippen molar-refractivity contribution in [1.29, 1.82) is 0 Å². The zero-order valence-corrected chi connectivity index (χ0v) is 8.97. The predicted molar refractivity (Wildman–Crippen MR) is 56.1 cm³/mol. The number of carbonyl (C=O) groups excluding carboxylic acids is 1. The summed E-state index contributed by atoms with van der Waals surface area (Å²) in [6, 6.07) is 4.75. The number of hydrogen-bond acceptors (Lipinski definition) is 4. The molecule has 0 radical (unpaired) electrons. The van der Waals surface area contributed by atoms with Crippen LogP contribution in [0.1, 0.15) is 17.3 Å². The van der Waals surface area contributed by atoms with E-state index in [1.54, 1.807) is 12.1 Å². The molecule has 1 unspecified atom stereocenters. The second kappa shape index (κ2) is 5.16. The van der Waals surface area contributed by atoms with Gasteiger partial charge in [0.2, 0.25) is 0 Å². The lowest BCUT2D eigenvalue weighted by Crippen LogP contribution is -2.23. The summed E-state index contributed by atoms with van der Waals surface area (Å²) in [6.45, 7) is 1.38. The molecule has 86 valence electrons. The van der Waals surface area contributed by atoms with Gasteiger partial charge in [-0.3, -0.25) is 4.79 Å². The van der Waals surface area contributed by atoms with Crippen LogP contribution in [0.25, 0.3) is 0 Å². The summed E-state index contributed by atoms with van der Waals surface area (Å²) in [7, 11) is 1.42. The summed E-state index contributed by atoms with van der Waals surface area (Å²) in [4.78, 5) is 21.4. The largest absolute Gasteiger partial charge is 0.493 e. The van der Waals surface area contributed by atoms with Crippen LogP contribution < -0.4 is 9.47 Å². The van der Waals surface area contributed by atoms with E-state index in [0.29, 0.717) is 12.0 Å². The average molecular weight is 224 g/mol. The van der Waals surface area contributed by atoms with Gasteiger partial charge >= 0.3 is 5.97 Å². The Labute approximate surface area is 92.6 Å². The average Bonchev–Trinajstić information content (AvgIpc) is 2.29. The predicted octanol–water partition coefficient (Wildman–Crippen LogP) is 1.36. The van der Waals surface area contributed by atoms with E-state index in [9.17, 15) is 9.59 Å². The van der Waals surface area contributed by atoms with E-state index in [2.05, 4.69) is 0 Å². The summed E-state index contributed by atoms with van der Waals surface area (Å²) in [5.74, 6) is -0.629. The molecule has 16 heavy (non-hydrogen) atoms. The maximum absolute atomic E-state index is 10.8. The number of ether oxygens (including phenoxy) is 2. The fraction of sp³-hybridized carbons (Fsp3) is 0.273. The number of hydrogen-bond donors (Lipinski definition) is 1. The molecular weight excluding hydrogens is 212 g/mol. The van der Waals surface area contributed by atoms with Crippen molar-refractivity contribution in [2.24, 2.45) is 0 Å². The smallest absolute Gasteiger partial charge is 0.344 e. The first-order valence-corrected chi connectivity index (χ1v) is 4.61. The number of benzene rings is 1. The first-order chi connectivity index (χ1) is 7.60. The van der Waals surface area contributed by atoms with E-state index in [1.807, 2.05) is 0 Å². The molecule has 0 aromatic heterocycles. The molecule has 1 atom stereocenters. The molecule has 0 heterocycles. The second-order valence-corrected chi connectivity index (χ2v) is 3.09. The zero-order chi connectivity index (χ0) is 12.1. The molecule has 0 saturated heterocycles. The highest BCUT2D eigenvalue weighted by Gasteiger charge is 2.17. The molecule has 5 nitrogen and oxygen atoms in total. The molecule has 1 aromatic rings. The molecule has 1 N–H and O–H groups in total. The minimum absolute atomic E-state index is 0.148. The van der Waals surface area contributed by atoms with Gasteiger partial charge in [0.25, 0.3) is 0 Å². The molecule has 0 spiro atoms. The first-order valence-electron chi connectivity index (χ1n) is 4.61. The SMILES string of the molecule is COc1cccc(C=O)c1OC(C)C(=O)O. The monoisotopic (exact) mass is 224 g/mol. The van der Waals surface area contributed by atoms with Crippen LogP contribution in [0.5, 0.6) is 11.5 Å². The maximum Gasteiger partial charge on any atom is 0.344 e. The van der Waals surface area contributed by atoms with Gasteiger partial charge in [0.15, 0.2) is 23.9 Å². The molecule has 0 saturated carbocycles. The molecule has 0 bridgehead atoms. The van der Waals surface area contributed by atoms with Crippen LogP contribution in [0, 0.1) is 0 Å². The first kappa shape index (κ1) is 12.0. The number of para-hydroxylation sites is 1. The number of methoxy groups -OCH3 is 1. The highest BCUT2D eigenvalue weighted by Crippen LogP contribution is 2.30. The van der Waals surface area contributed by atoms with E-state index in [4.69, 9.17) is 14.6 Å². The lowest BCUT2D eigenvalue weighted by molar-refractivity contribution is -0.144. The van der Waals surface area contributed by atoms with Gasteiger partial charge in [-0.25, -0.2) is 4.79 Å². The number of carbonyl (C=O) groups is 2. The van der Waals surface area contributed by atoms with Gasteiger partial charge in [-0.2, -0.15) is 0 Å². The molecule has 0 aliphatic heterocycles. The molecule has 0 aliphatic carbocycles. The van der Waals surface area contributed by atoms with Crippen LogP contribution in [0.4, 0.5) is 0 Å². The lowest BCUT2D eigenvalue weighted by atomic mass is 10.2. The van der Waals surface area contributed by atoms with E-state index >= 15 is 0 Å². The molecule has 0 amide bonds. The Morgan fingerprint density at radius 3 is 2.69 bits per heavy atom. The summed E-state index contributed by atoms with van der Waals surface area (Å²) in [5, 5.41) is 8.72. The van der Waals surface area contributed by atoms with Gasteiger partial charge in [-0.15, -0.1) is 0 Å². The fourth-order valence-electron chi connectivity index (χ4n) is 1.14. The van der Waals surface area contributed by atoms with Gasteiger partial charge in [0.1, 0.15) is 0 Å². The molecule has 0 aliphatic rings. The zero-order valence-electron chi connectivity index (χ0n) is 8.97. The van der Waals surface area contributed by atoms with Crippen molar-refractivity contribution in [2.45, 2.75) is 13.0 Å². The Morgan fingerprint density at radius 2 is 2.19 bits per heavy atom. The topological polar surface area (TPSA) is 72.8 Å². The van der Waals surface area contributed by atoms with Crippen LogP contribution in [-0.4, -0.2) is 30.6 Å². The minimum atomic E-state index is -1.11. The summed E-state index contributed by atoms with van der Waals surface area (Å²) < 4.78 is 10.2. The van der Waals surface area contributed by atoms with Crippen LogP contribution in [-0.2, 0) is 4.79 Å². The number of aliphatic carboxylic acids is 1. The van der Waals surface area contributed by atoms with E-state index < -0.39 is 12.1 Å². The Hall–Kier alpha value is -2.04. The fourth-order valence-corrected chi connectivity index (χ4v) is 1.14. The number of aldehydes is 1. The van der Waals surface area contributed by atoms with E-state index in [1.165, 1.54) is 20.1 Å². The Kier molecular flexibility index (Phi) is 3.88. The Morgan fingerprint density at radius 1 is 1.50 bits per heavy atom. The molecule has 5 heteroatoms. The van der Waals surface area contributed by atoms with Crippen molar-refractivity contribution in [3.05, 3.63) is 23.8 Å². The quantitative estimate of drug-likeness (QED) is 0.764. The number of carboxylic acids is 1. The van der Waals surface area contributed by atoms with Crippen LogP contribution >= 0.6 is 0 Å². The standard InChI is InChI=1S/C11H12O5/c1-7(11(13)14)16-10-8(6-12)4-3-5-9(10)15-2/h3-7H,1-2H3,(H,13,14). The molecule has 0 fully saturated rings. The van der Waals surface area contributed by atoms with Crippen LogP contribution in [0.3, 0.4) is 0 Å². The van der Waals surface area contributed by atoms with Crippen LogP contribution in [0.2, 0.25) is 0 Å². The van der Waals surface area contributed by atoms with Crippen molar-refractivity contribution >= 4 is 12.3 Å². The van der Waals surface area contributed by atoms with Crippen molar-refractivity contribution in [3.8, 4) is 11.5 Å². The highest BCUT2D eigenvalue weighted by molar-refractivity contribution is 5.82. The summed E-state index contributed by atoms with van der Waals surface area (Å²) in [5.41, 5.74) is 0.257. The van der Waals surface area contributed by atoms with E-state index in [0.717, 1.165) is 0 Å². The number of carboxylic acid groups (broad SMARTS) is 1. The van der Waals surface area contributed by atoms with Gasteiger partial charge in [-0.05, 0) is 19.1 Å². The minimum Gasteiger partial charge on any atom is -0.493 e. The van der Waals surface area contributed by atoms with Crippen molar-refractivity contribution in [2.75, 3.05) is 7.11 Å². The van der Waals surface area contributed by atoms with Gasteiger partial charge < -0.3 is 14.6 Å². The highest BCUT2D eigenvalue weighted by atomic mass is 16.5. The third-order valence-corrected chi connectivity index (χ3v) is 2.00. The van der Waals surface area contributed by atoms with Gasteiger partial charge in [0.05, 0.1) is 12.7 Å². The maximum atomic E-state index is 10.8. The van der Waals surface area contributed by atoms with E-state index in [-0.39, 0.29) is 11.3 Å². The van der Waals surface area contributed by atoms with Gasteiger partial charge in [0, 0.05) is 0 Å². The third kappa shape index (κ3) is 2.50. The third-order valence-electron chi connectivity index (χ3n) is 2.00. The normalized spacial score (nSPS) is 11.6. The van der Waals surface area contributed by atoms with Crippen molar-refractivity contribution in [3.63, 3.8) is 0 Å². The second-order valence-electron chi connectivity index (χ2n) is 3.09. The summed E-state index contributed by atoms with van der Waals surface area (Å²) in [6.07, 6.45) is -0.457. The molecular formula is C11H12O5. The van der Waals surface area contributed by atoms with Crippen LogP contribution in [0.15, 0.2) is 18.2 Å². The molecule has 1 rings (SSSR count). The van der Waals surface area contributed by atoms with Crippen molar-refractivity contribution in [1.82, 2.24) is 0 Å². The summed E-state index contributed by atoms with van der Waals surface area (Å²) >= 11 is 0. The lowest BCUT2D eigenvalue weighted by Gasteiger charge is -2.15. The Bertz CT molecular complexity index is 399. The Balaban J connectivity index is 3.08. The molecule has 1 aromatic carbocycles.